The maximum Gasteiger partial charge on any atom is 0.342 e. The summed E-state index contributed by atoms with van der Waals surface area (Å²) in [6.07, 6.45) is -1.05. The molecule has 1 aromatic carbocycles. The maximum atomic E-state index is 12.4. The summed E-state index contributed by atoms with van der Waals surface area (Å²) in [5, 5.41) is 2.60. The molecule has 0 spiro atoms. The molecule has 8 nitrogen and oxygen atoms in total. The van der Waals surface area contributed by atoms with Gasteiger partial charge in [0.1, 0.15) is 17.1 Å². The summed E-state index contributed by atoms with van der Waals surface area (Å²) >= 11 is 0. The number of rotatable bonds is 7. The molecule has 9 heteroatoms. The summed E-state index contributed by atoms with van der Waals surface area (Å²) in [6, 6.07) is 5.47. The predicted molar refractivity (Wildman–Crippen MR) is 108 cm³/mol. The van der Waals surface area contributed by atoms with E-state index in [-0.39, 0.29) is 10.9 Å². The van der Waals surface area contributed by atoms with Gasteiger partial charge >= 0.3 is 5.97 Å². The first-order valence-corrected chi connectivity index (χ1v) is 10.6. The van der Waals surface area contributed by atoms with E-state index in [0.29, 0.717) is 28.3 Å². The molecule has 1 heterocycles. The van der Waals surface area contributed by atoms with Crippen LogP contribution in [0.5, 0.6) is 0 Å². The van der Waals surface area contributed by atoms with Crippen molar-refractivity contribution < 1.29 is 27.2 Å². The van der Waals surface area contributed by atoms with Crippen molar-refractivity contribution in [1.29, 1.82) is 0 Å². The van der Waals surface area contributed by atoms with Crippen LogP contribution in [0.15, 0.2) is 33.6 Å². The zero-order valence-corrected chi connectivity index (χ0v) is 18.1. The molecule has 0 radical (unpaired) electrons. The number of ether oxygens (including phenoxy) is 1. The first-order valence-electron chi connectivity index (χ1n) is 9.13. The summed E-state index contributed by atoms with van der Waals surface area (Å²) in [6.45, 7) is 10.1. The molecule has 2 aromatic rings. The number of esters is 1. The van der Waals surface area contributed by atoms with Crippen LogP contribution in [0.3, 0.4) is 0 Å². The standard InChI is InChI=1S/C20H26N2O6S/c1-11(2)22-29(25,26)17-9-7-16(8-10-17)21-19(23)15(6)28-20(24)18-12(3)13(4)27-14(18)5/h7-11,15,22H,1-6H3,(H,21,23)/t15-/m0/s1. The van der Waals surface area contributed by atoms with Crippen molar-refractivity contribution in [3.8, 4) is 0 Å². The number of hydrogen-bond acceptors (Lipinski definition) is 6. The van der Waals surface area contributed by atoms with Crippen LogP contribution in [0.25, 0.3) is 0 Å². The molecule has 0 fully saturated rings. The van der Waals surface area contributed by atoms with Gasteiger partial charge in [0.2, 0.25) is 10.0 Å². The van der Waals surface area contributed by atoms with Crippen LogP contribution in [-0.2, 0) is 19.6 Å². The van der Waals surface area contributed by atoms with Gasteiger partial charge in [-0.25, -0.2) is 17.9 Å². The Hall–Kier alpha value is -2.65. The highest BCUT2D eigenvalue weighted by atomic mass is 32.2. The lowest BCUT2D eigenvalue weighted by molar-refractivity contribution is -0.123. The highest BCUT2D eigenvalue weighted by Crippen LogP contribution is 2.22. The van der Waals surface area contributed by atoms with E-state index in [1.165, 1.54) is 31.2 Å². The quantitative estimate of drug-likeness (QED) is 0.663. The lowest BCUT2D eigenvalue weighted by Gasteiger charge is -2.14. The first-order chi connectivity index (χ1) is 13.4. The van der Waals surface area contributed by atoms with Crippen molar-refractivity contribution in [2.24, 2.45) is 0 Å². The van der Waals surface area contributed by atoms with Gasteiger partial charge in [-0.2, -0.15) is 0 Å². The largest absolute Gasteiger partial charge is 0.465 e. The van der Waals surface area contributed by atoms with Crippen LogP contribution >= 0.6 is 0 Å². The summed E-state index contributed by atoms with van der Waals surface area (Å²) in [4.78, 5) is 24.8. The summed E-state index contributed by atoms with van der Waals surface area (Å²) in [5.74, 6) is -0.122. The van der Waals surface area contributed by atoms with Crippen LogP contribution in [0.1, 0.15) is 48.2 Å². The lowest BCUT2D eigenvalue weighted by atomic mass is 10.1. The van der Waals surface area contributed by atoms with E-state index in [4.69, 9.17) is 9.15 Å². The SMILES string of the molecule is Cc1oc(C)c(C(=O)O[C@@H](C)C(=O)Nc2ccc(S(=O)(=O)NC(C)C)cc2)c1C. The van der Waals surface area contributed by atoms with Crippen LogP contribution in [-0.4, -0.2) is 32.4 Å². The number of anilines is 1. The Morgan fingerprint density at radius 3 is 2.07 bits per heavy atom. The third-order valence-corrected chi connectivity index (χ3v) is 5.92. The molecule has 0 aliphatic carbocycles. The van der Waals surface area contributed by atoms with E-state index >= 15 is 0 Å². The van der Waals surface area contributed by atoms with Gasteiger partial charge in [-0.1, -0.05) is 0 Å². The number of carbonyl (C=O) groups excluding carboxylic acids is 2. The Morgan fingerprint density at radius 1 is 1.00 bits per heavy atom. The van der Waals surface area contributed by atoms with E-state index in [2.05, 4.69) is 10.0 Å². The van der Waals surface area contributed by atoms with E-state index in [9.17, 15) is 18.0 Å². The van der Waals surface area contributed by atoms with Gasteiger partial charge in [-0.15, -0.1) is 0 Å². The maximum absolute atomic E-state index is 12.4. The highest BCUT2D eigenvalue weighted by Gasteiger charge is 2.25. The zero-order valence-electron chi connectivity index (χ0n) is 17.3. The van der Waals surface area contributed by atoms with Crippen LogP contribution < -0.4 is 10.0 Å². The monoisotopic (exact) mass is 422 g/mol. The number of furan rings is 1. The second kappa shape index (κ2) is 8.79. The van der Waals surface area contributed by atoms with Gasteiger partial charge < -0.3 is 14.5 Å². The third-order valence-electron chi connectivity index (χ3n) is 4.24. The van der Waals surface area contributed by atoms with Gasteiger partial charge in [0, 0.05) is 17.3 Å². The second-order valence-electron chi connectivity index (χ2n) is 7.05. The minimum Gasteiger partial charge on any atom is -0.465 e. The fourth-order valence-electron chi connectivity index (χ4n) is 2.71. The minimum atomic E-state index is -3.61. The molecule has 1 aromatic heterocycles. The molecule has 2 rings (SSSR count). The third kappa shape index (κ3) is 5.45. The van der Waals surface area contributed by atoms with Gasteiger partial charge in [0.05, 0.1) is 4.90 Å². The van der Waals surface area contributed by atoms with Crippen molar-refractivity contribution in [2.75, 3.05) is 5.32 Å². The molecule has 0 saturated carbocycles. The molecular formula is C20H26N2O6S. The molecule has 0 aliphatic heterocycles. The first kappa shape index (κ1) is 22.6. The molecule has 1 amide bonds. The van der Waals surface area contributed by atoms with Crippen LogP contribution in [0.4, 0.5) is 5.69 Å². The molecule has 0 unspecified atom stereocenters. The smallest absolute Gasteiger partial charge is 0.342 e. The average molecular weight is 423 g/mol. The fourth-order valence-corrected chi connectivity index (χ4v) is 3.96. The molecule has 1 atom stereocenters. The predicted octanol–water partition coefficient (Wildman–Crippen LogP) is 3.08. The number of aryl methyl sites for hydroxylation is 2. The number of hydrogen-bond donors (Lipinski definition) is 2. The summed E-state index contributed by atoms with van der Waals surface area (Å²) in [5.41, 5.74) is 1.37. The Kier molecular flexibility index (Phi) is 6.86. The van der Waals surface area contributed by atoms with E-state index in [1.54, 1.807) is 34.6 Å². The Labute approximate surface area is 170 Å². The van der Waals surface area contributed by atoms with Crippen LogP contribution in [0, 0.1) is 20.8 Å². The van der Waals surface area contributed by atoms with Gasteiger partial charge in [-0.3, -0.25) is 4.79 Å². The number of benzene rings is 1. The molecule has 29 heavy (non-hydrogen) atoms. The average Bonchev–Trinajstić information content (AvgIpc) is 2.86. The topological polar surface area (TPSA) is 115 Å². The molecule has 0 aliphatic rings. The van der Waals surface area contributed by atoms with Crippen molar-refractivity contribution >= 4 is 27.6 Å². The van der Waals surface area contributed by atoms with E-state index < -0.39 is 28.0 Å². The fraction of sp³-hybridized carbons (Fsp3) is 0.400. The van der Waals surface area contributed by atoms with Gasteiger partial charge in [0.15, 0.2) is 6.10 Å². The number of nitrogens with one attached hydrogen (secondary N) is 2. The van der Waals surface area contributed by atoms with E-state index in [1.807, 2.05) is 0 Å². The highest BCUT2D eigenvalue weighted by molar-refractivity contribution is 7.89. The molecular weight excluding hydrogens is 396 g/mol. The Morgan fingerprint density at radius 2 is 1.59 bits per heavy atom. The number of amides is 1. The van der Waals surface area contributed by atoms with Crippen molar-refractivity contribution in [2.45, 2.75) is 58.6 Å². The zero-order chi connectivity index (χ0) is 21.9. The second-order valence-corrected chi connectivity index (χ2v) is 8.77. The number of sulfonamides is 1. The molecule has 0 bridgehead atoms. The summed E-state index contributed by atoms with van der Waals surface area (Å²) in [7, 11) is -3.61. The lowest BCUT2D eigenvalue weighted by Crippen LogP contribution is -2.31. The van der Waals surface area contributed by atoms with E-state index in [0.717, 1.165) is 0 Å². The normalized spacial score (nSPS) is 12.7. The van der Waals surface area contributed by atoms with Crippen LogP contribution in [0.2, 0.25) is 0 Å². The number of carbonyl (C=O) groups is 2. The van der Waals surface area contributed by atoms with Gasteiger partial charge in [-0.05, 0) is 65.8 Å². The molecule has 0 saturated heterocycles. The Balaban J connectivity index is 2.03. The minimum absolute atomic E-state index is 0.0879. The molecule has 2 N–H and O–H groups in total. The Bertz CT molecular complexity index is 1010. The summed E-state index contributed by atoms with van der Waals surface area (Å²) < 4.78 is 37.4. The van der Waals surface area contributed by atoms with Crippen molar-refractivity contribution in [3.05, 3.63) is 46.9 Å². The van der Waals surface area contributed by atoms with Gasteiger partial charge in [0.25, 0.3) is 5.91 Å². The van der Waals surface area contributed by atoms with Crippen molar-refractivity contribution in [1.82, 2.24) is 4.72 Å². The van der Waals surface area contributed by atoms with Crippen molar-refractivity contribution in [3.63, 3.8) is 0 Å². The molecule has 158 valence electrons.